The van der Waals surface area contributed by atoms with Crippen molar-refractivity contribution in [3.63, 3.8) is 0 Å². The van der Waals surface area contributed by atoms with E-state index in [1.54, 1.807) is 25.1 Å². The zero-order valence-electron chi connectivity index (χ0n) is 11.1. The molecule has 0 saturated heterocycles. The summed E-state index contributed by atoms with van der Waals surface area (Å²) in [5, 5.41) is 9.14. The highest BCUT2D eigenvalue weighted by Crippen LogP contribution is 2.28. The highest BCUT2D eigenvalue weighted by atomic mass is 16.5. The largest absolute Gasteiger partial charge is 0.478 e. The van der Waals surface area contributed by atoms with Crippen molar-refractivity contribution in [1.82, 2.24) is 4.98 Å². The van der Waals surface area contributed by atoms with Gasteiger partial charge in [-0.1, -0.05) is 12.1 Å². The first-order valence-electron chi connectivity index (χ1n) is 5.97. The molecule has 0 bridgehead atoms. The molecule has 0 spiro atoms. The molecule has 0 radical (unpaired) electrons. The van der Waals surface area contributed by atoms with Crippen LogP contribution in [-0.4, -0.2) is 21.8 Å². The molecule has 5 nitrogen and oxygen atoms in total. The molecule has 1 N–H and O–H groups in total. The summed E-state index contributed by atoms with van der Waals surface area (Å²) in [5.74, 6) is -0.542. The summed E-state index contributed by atoms with van der Waals surface area (Å²) < 4.78 is 5.58. The molecule has 1 aromatic carbocycles. The summed E-state index contributed by atoms with van der Waals surface area (Å²) in [6.07, 6.45) is 1.40. The highest BCUT2D eigenvalue weighted by molar-refractivity contribution is 5.92. The Bertz CT molecular complexity index is 662. The van der Waals surface area contributed by atoms with E-state index in [0.717, 1.165) is 0 Å². The van der Waals surface area contributed by atoms with Gasteiger partial charge in [0.25, 0.3) is 0 Å². The third-order valence-electron chi connectivity index (χ3n) is 2.76. The minimum absolute atomic E-state index is 0.0839. The van der Waals surface area contributed by atoms with Gasteiger partial charge in [-0.15, -0.1) is 0 Å². The topological polar surface area (TPSA) is 76.5 Å². The van der Waals surface area contributed by atoms with Gasteiger partial charge in [-0.05, 0) is 30.7 Å². The number of carboxylic acid groups (broad SMARTS) is 1. The van der Waals surface area contributed by atoms with E-state index in [0.29, 0.717) is 17.0 Å². The Morgan fingerprint density at radius 1 is 1.20 bits per heavy atom. The number of carbonyl (C=O) groups is 2. The van der Waals surface area contributed by atoms with Crippen LogP contribution in [0.1, 0.15) is 33.3 Å². The van der Waals surface area contributed by atoms with Crippen LogP contribution in [0, 0.1) is 6.92 Å². The van der Waals surface area contributed by atoms with E-state index in [1.165, 1.54) is 25.3 Å². The lowest BCUT2D eigenvalue weighted by molar-refractivity contribution is 0.0693. The number of nitrogens with zero attached hydrogens (tertiary/aromatic N) is 1. The quantitative estimate of drug-likeness (QED) is 0.865. The van der Waals surface area contributed by atoms with Crippen LogP contribution < -0.4 is 4.74 Å². The fourth-order valence-electron chi connectivity index (χ4n) is 1.72. The number of aromatic nitrogens is 1. The van der Waals surface area contributed by atoms with Gasteiger partial charge in [0.1, 0.15) is 22.8 Å². The summed E-state index contributed by atoms with van der Waals surface area (Å²) in [6.45, 7) is 3.19. The minimum atomic E-state index is -1.06. The third-order valence-corrected chi connectivity index (χ3v) is 2.76. The molecule has 0 aliphatic carbocycles. The predicted octanol–water partition coefficient (Wildman–Crippen LogP) is 3.08. The molecule has 2 aromatic rings. The predicted molar refractivity (Wildman–Crippen MR) is 72.5 cm³/mol. The average Bonchev–Trinajstić information content (AvgIpc) is 2.41. The molecule has 0 aliphatic heterocycles. The molecule has 20 heavy (non-hydrogen) atoms. The number of Topliss-reactive ketones (excluding diaryl/α,β-unsaturated/α-hetero) is 1. The van der Waals surface area contributed by atoms with Crippen LogP contribution in [0.5, 0.6) is 11.5 Å². The zero-order chi connectivity index (χ0) is 14.7. The van der Waals surface area contributed by atoms with Gasteiger partial charge in [0.15, 0.2) is 5.78 Å². The normalized spacial score (nSPS) is 10.1. The number of aryl methyl sites for hydroxylation is 1. The Labute approximate surface area is 115 Å². The summed E-state index contributed by atoms with van der Waals surface area (Å²) in [6, 6.07) is 8.02. The second-order valence-corrected chi connectivity index (χ2v) is 4.29. The van der Waals surface area contributed by atoms with E-state index in [9.17, 15) is 9.59 Å². The number of carboxylic acids is 1. The zero-order valence-corrected chi connectivity index (χ0v) is 11.1. The fourth-order valence-corrected chi connectivity index (χ4v) is 1.72. The van der Waals surface area contributed by atoms with Crippen molar-refractivity contribution in [1.29, 1.82) is 0 Å². The molecule has 1 heterocycles. The second kappa shape index (κ2) is 5.52. The molecular formula is C15H13NO4. The Morgan fingerprint density at radius 3 is 2.50 bits per heavy atom. The standard InChI is InChI=1S/C15H13NO4/c1-9-4-3-5-12(15(18)19)14(9)20-11-6-7-13(10(2)17)16-8-11/h3-8H,1-2H3,(H,18,19). The van der Waals surface area contributed by atoms with Gasteiger partial charge in [0.2, 0.25) is 0 Å². The van der Waals surface area contributed by atoms with Gasteiger partial charge in [-0.2, -0.15) is 0 Å². The average molecular weight is 271 g/mol. The van der Waals surface area contributed by atoms with Crippen molar-refractivity contribution in [3.8, 4) is 11.5 Å². The van der Waals surface area contributed by atoms with Crippen molar-refractivity contribution in [2.24, 2.45) is 0 Å². The minimum Gasteiger partial charge on any atom is -0.478 e. The SMILES string of the molecule is CC(=O)c1ccc(Oc2c(C)cccc2C(=O)O)cn1. The first kappa shape index (κ1) is 13.7. The van der Waals surface area contributed by atoms with Gasteiger partial charge in [0.05, 0.1) is 6.20 Å². The van der Waals surface area contributed by atoms with E-state index >= 15 is 0 Å². The smallest absolute Gasteiger partial charge is 0.339 e. The highest BCUT2D eigenvalue weighted by Gasteiger charge is 2.14. The Hall–Kier alpha value is -2.69. The van der Waals surface area contributed by atoms with Crippen LogP contribution in [0.15, 0.2) is 36.5 Å². The van der Waals surface area contributed by atoms with Crippen molar-refractivity contribution >= 4 is 11.8 Å². The molecule has 0 unspecified atom stereocenters. The van der Waals surface area contributed by atoms with E-state index in [2.05, 4.69) is 4.98 Å². The van der Waals surface area contributed by atoms with Crippen molar-refractivity contribution in [2.45, 2.75) is 13.8 Å². The summed E-state index contributed by atoms with van der Waals surface area (Å²) >= 11 is 0. The molecule has 5 heteroatoms. The molecule has 0 atom stereocenters. The molecular weight excluding hydrogens is 258 g/mol. The van der Waals surface area contributed by atoms with Crippen LogP contribution in [0.3, 0.4) is 0 Å². The lowest BCUT2D eigenvalue weighted by Gasteiger charge is -2.11. The van der Waals surface area contributed by atoms with Crippen LogP contribution in [0.25, 0.3) is 0 Å². The molecule has 0 saturated carbocycles. The number of hydrogen-bond acceptors (Lipinski definition) is 4. The summed E-state index contributed by atoms with van der Waals surface area (Å²) in [5.41, 5.74) is 1.13. The maximum Gasteiger partial charge on any atom is 0.339 e. The van der Waals surface area contributed by atoms with Gasteiger partial charge >= 0.3 is 5.97 Å². The van der Waals surface area contributed by atoms with Crippen molar-refractivity contribution in [3.05, 3.63) is 53.3 Å². The first-order chi connectivity index (χ1) is 9.49. The number of benzene rings is 1. The first-order valence-corrected chi connectivity index (χ1v) is 5.97. The summed E-state index contributed by atoms with van der Waals surface area (Å²) in [4.78, 5) is 26.3. The fraction of sp³-hybridized carbons (Fsp3) is 0.133. The molecule has 102 valence electrons. The number of rotatable bonds is 4. The number of para-hydroxylation sites is 1. The third kappa shape index (κ3) is 2.83. The van der Waals surface area contributed by atoms with E-state index < -0.39 is 5.97 Å². The van der Waals surface area contributed by atoms with Crippen molar-refractivity contribution in [2.75, 3.05) is 0 Å². The maximum absolute atomic E-state index is 11.2. The van der Waals surface area contributed by atoms with Crippen molar-refractivity contribution < 1.29 is 19.4 Å². The van der Waals surface area contributed by atoms with E-state index in [-0.39, 0.29) is 17.1 Å². The second-order valence-electron chi connectivity index (χ2n) is 4.29. The number of ether oxygens (including phenoxy) is 1. The Kier molecular flexibility index (Phi) is 3.79. The number of aromatic carboxylic acids is 1. The van der Waals surface area contributed by atoms with Crippen LogP contribution in [0.4, 0.5) is 0 Å². The maximum atomic E-state index is 11.2. The Balaban J connectivity index is 2.34. The molecule has 0 aliphatic rings. The monoisotopic (exact) mass is 271 g/mol. The van der Waals surface area contributed by atoms with Crippen LogP contribution in [-0.2, 0) is 0 Å². The van der Waals surface area contributed by atoms with E-state index in [4.69, 9.17) is 9.84 Å². The van der Waals surface area contributed by atoms with Gasteiger partial charge in [0, 0.05) is 6.92 Å². The number of pyridine rings is 1. The molecule has 2 rings (SSSR count). The lowest BCUT2D eigenvalue weighted by atomic mass is 10.1. The Morgan fingerprint density at radius 2 is 1.95 bits per heavy atom. The van der Waals surface area contributed by atoms with Gasteiger partial charge in [-0.3, -0.25) is 4.79 Å². The number of carbonyl (C=O) groups excluding carboxylic acids is 1. The molecule has 0 amide bonds. The molecule has 0 fully saturated rings. The van der Waals surface area contributed by atoms with Gasteiger partial charge < -0.3 is 9.84 Å². The summed E-state index contributed by atoms with van der Waals surface area (Å²) in [7, 11) is 0. The van der Waals surface area contributed by atoms with Crippen LogP contribution in [0.2, 0.25) is 0 Å². The molecule has 1 aromatic heterocycles. The van der Waals surface area contributed by atoms with Crippen LogP contribution >= 0.6 is 0 Å². The number of hydrogen-bond donors (Lipinski definition) is 1. The number of ketones is 1. The van der Waals surface area contributed by atoms with Gasteiger partial charge in [-0.25, -0.2) is 9.78 Å². The van der Waals surface area contributed by atoms with E-state index in [1.807, 2.05) is 0 Å². The lowest BCUT2D eigenvalue weighted by Crippen LogP contribution is -2.02.